The normalized spacial score (nSPS) is 16.0. The quantitative estimate of drug-likeness (QED) is 0.488. The summed E-state index contributed by atoms with van der Waals surface area (Å²) in [6.45, 7) is 4.47. The molecule has 31 heavy (non-hydrogen) atoms. The zero-order valence-electron chi connectivity index (χ0n) is 16.6. The maximum atomic E-state index is 12.9. The van der Waals surface area contributed by atoms with E-state index in [0.717, 1.165) is 27.8 Å². The Morgan fingerprint density at radius 2 is 2.16 bits per heavy atom. The molecule has 3 aromatic heterocycles. The van der Waals surface area contributed by atoms with E-state index in [4.69, 9.17) is 11.6 Å². The molecule has 8 heteroatoms. The first kappa shape index (κ1) is 19.2. The number of hydrogen-bond acceptors (Lipinski definition) is 4. The van der Waals surface area contributed by atoms with E-state index in [9.17, 15) is 4.79 Å². The molecule has 0 radical (unpaired) electrons. The molecule has 2 N–H and O–H groups in total. The lowest BCUT2D eigenvalue weighted by Gasteiger charge is -2.13. The van der Waals surface area contributed by atoms with Gasteiger partial charge < -0.3 is 10.3 Å². The Bertz CT molecular complexity index is 1370. The van der Waals surface area contributed by atoms with Crippen LogP contribution in [-0.2, 0) is 11.2 Å². The van der Waals surface area contributed by atoms with Gasteiger partial charge in [-0.05, 0) is 29.7 Å². The van der Waals surface area contributed by atoms with Gasteiger partial charge in [-0.1, -0.05) is 36.2 Å². The van der Waals surface area contributed by atoms with Gasteiger partial charge in [-0.2, -0.15) is 5.10 Å². The molecule has 1 saturated heterocycles. The van der Waals surface area contributed by atoms with E-state index in [1.807, 2.05) is 36.5 Å². The third-order valence-electron chi connectivity index (χ3n) is 5.36. The lowest BCUT2D eigenvalue weighted by Crippen LogP contribution is -2.32. The minimum absolute atomic E-state index is 0.000327. The second-order valence-corrected chi connectivity index (χ2v) is 7.71. The number of aromatic nitrogens is 4. The fraction of sp³-hybridized carbons (Fsp3) is 0.174. The molecule has 0 saturated carbocycles. The summed E-state index contributed by atoms with van der Waals surface area (Å²) in [5.41, 5.74) is 3.40. The Labute approximate surface area is 183 Å². The summed E-state index contributed by atoms with van der Waals surface area (Å²) < 4.78 is 1.69. The lowest BCUT2D eigenvalue weighted by atomic mass is 10.1. The third-order valence-corrected chi connectivity index (χ3v) is 5.67. The van der Waals surface area contributed by atoms with Crippen molar-refractivity contribution in [3.05, 3.63) is 77.6 Å². The Hall–Kier alpha value is -3.76. The Balaban J connectivity index is 1.25. The molecule has 1 atom stereocenters. The number of benzene rings is 1. The fourth-order valence-corrected chi connectivity index (χ4v) is 4.07. The van der Waals surface area contributed by atoms with Gasteiger partial charge in [-0.3, -0.25) is 9.69 Å². The molecule has 1 aromatic carbocycles. The van der Waals surface area contributed by atoms with Crippen molar-refractivity contribution >= 4 is 34.1 Å². The fourth-order valence-electron chi connectivity index (χ4n) is 3.84. The van der Waals surface area contributed by atoms with Crippen molar-refractivity contribution in [1.82, 2.24) is 29.8 Å². The number of carbonyl (C=O) groups excluding carboxylic acids is 1. The summed E-state index contributed by atoms with van der Waals surface area (Å²) >= 11 is 6.24. The number of nitrogens with one attached hydrogen (secondary N) is 2. The maximum Gasteiger partial charge on any atom is 0.250 e. The zero-order chi connectivity index (χ0) is 21.4. The molecule has 1 aliphatic rings. The lowest BCUT2D eigenvalue weighted by molar-refractivity contribution is -0.127. The molecule has 4 heterocycles. The summed E-state index contributed by atoms with van der Waals surface area (Å²) in [6, 6.07) is 9.10. The molecule has 5 rings (SSSR count). The van der Waals surface area contributed by atoms with E-state index < -0.39 is 0 Å². The van der Waals surface area contributed by atoms with Crippen LogP contribution < -0.4 is 5.32 Å². The molecule has 1 unspecified atom stereocenters. The molecule has 1 amide bonds. The number of aromatic amines is 1. The van der Waals surface area contributed by atoms with Crippen LogP contribution in [0.3, 0.4) is 0 Å². The second-order valence-electron chi connectivity index (χ2n) is 7.30. The maximum absolute atomic E-state index is 12.9. The van der Waals surface area contributed by atoms with Crippen LogP contribution in [0.25, 0.3) is 16.6 Å². The predicted molar refractivity (Wildman–Crippen MR) is 119 cm³/mol. The van der Waals surface area contributed by atoms with Crippen LogP contribution in [0.4, 0.5) is 0 Å². The van der Waals surface area contributed by atoms with Gasteiger partial charge in [-0.25, -0.2) is 9.50 Å². The minimum Gasteiger partial charge on any atom is -0.360 e. The topological polar surface area (TPSA) is 78.3 Å². The number of imidazole rings is 1. The van der Waals surface area contributed by atoms with Crippen LogP contribution in [0.15, 0.2) is 61.3 Å². The molecule has 154 valence electrons. The average molecular weight is 431 g/mol. The first-order valence-electron chi connectivity index (χ1n) is 9.91. The number of halogens is 1. The summed E-state index contributed by atoms with van der Waals surface area (Å²) in [7, 11) is 0. The number of amides is 1. The minimum atomic E-state index is -0.360. The van der Waals surface area contributed by atoms with Gasteiger partial charge in [0.15, 0.2) is 5.65 Å². The number of hydrogen-bond donors (Lipinski definition) is 2. The summed E-state index contributed by atoms with van der Waals surface area (Å²) in [5, 5.41) is 9.15. The molecule has 0 bridgehead atoms. The van der Waals surface area contributed by atoms with E-state index in [0.29, 0.717) is 30.2 Å². The Morgan fingerprint density at radius 1 is 1.26 bits per heavy atom. The number of para-hydroxylation sites is 1. The highest BCUT2D eigenvalue weighted by Gasteiger charge is 2.34. The highest BCUT2D eigenvalue weighted by Crippen LogP contribution is 2.27. The van der Waals surface area contributed by atoms with Crippen molar-refractivity contribution in [2.24, 2.45) is 0 Å². The van der Waals surface area contributed by atoms with E-state index >= 15 is 0 Å². The van der Waals surface area contributed by atoms with Crippen molar-refractivity contribution in [2.75, 3.05) is 6.54 Å². The number of nitrogens with zero attached hydrogens (tertiary/aromatic N) is 4. The smallest absolute Gasteiger partial charge is 0.250 e. The van der Waals surface area contributed by atoms with Crippen molar-refractivity contribution in [3.8, 4) is 11.8 Å². The summed E-state index contributed by atoms with van der Waals surface area (Å²) in [4.78, 5) is 22.1. The molecular formula is C23H19ClN6O. The molecule has 0 spiro atoms. The van der Waals surface area contributed by atoms with Crippen LogP contribution in [0.2, 0.25) is 5.02 Å². The van der Waals surface area contributed by atoms with Crippen molar-refractivity contribution in [2.45, 2.75) is 18.9 Å². The van der Waals surface area contributed by atoms with Gasteiger partial charge >= 0.3 is 0 Å². The third kappa shape index (κ3) is 3.51. The molecule has 1 fully saturated rings. The van der Waals surface area contributed by atoms with E-state index in [-0.39, 0.29) is 11.9 Å². The van der Waals surface area contributed by atoms with Crippen molar-refractivity contribution in [1.29, 1.82) is 0 Å². The zero-order valence-corrected chi connectivity index (χ0v) is 17.4. The second kappa shape index (κ2) is 7.82. The average Bonchev–Trinajstić information content (AvgIpc) is 3.44. The largest absolute Gasteiger partial charge is 0.360 e. The number of fused-ring (bicyclic) bond motifs is 2. The molecular weight excluding hydrogens is 412 g/mol. The van der Waals surface area contributed by atoms with Crippen molar-refractivity contribution in [3.63, 3.8) is 0 Å². The highest BCUT2D eigenvalue weighted by atomic mass is 35.5. The monoisotopic (exact) mass is 430 g/mol. The molecule has 7 nitrogen and oxygen atoms in total. The van der Waals surface area contributed by atoms with Crippen LogP contribution in [0.1, 0.15) is 17.7 Å². The first-order valence-corrected chi connectivity index (χ1v) is 10.3. The van der Waals surface area contributed by atoms with E-state index in [1.165, 1.54) is 0 Å². The number of rotatable bonds is 4. The molecule has 0 aliphatic carbocycles. The van der Waals surface area contributed by atoms with E-state index in [1.54, 1.807) is 21.8 Å². The summed E-state index contributed by atoms with van der Waals surface area (Å²) in [5.74, 6) is 6.79. The Morgan fingerprint density at radius 3 is 3.06 bits per heavy atom. The van der Waals surface area contributed by atoms with Gasteiger partial charge in [0.1, 0.15) is 17.6 Å². The Kier molecular flexibility index (Phi) is 4.85. The van der Waals surface area contributed by atoms with Crippen molar-refractivity contribution < 1.29 is 4.79 Å². The number of H-pyrrole nitrogens is 1. The first-order chi connectivity index (χ1) is 15.1. The predicted octanol–water partition coefficient (Wildman–Crippen LogP) is 3.12. The van der Waals surface area contributed by atoms with Gasteiger partial charge in [0.25, 0.3) is 5.91 Å². The highest BCUT2D eigenvalue weighted by molar-refractivity contribution is 6.35. The van der Waals surface area contributed by atoms with Crippen LogP contribution in [0, 0.1) is 11.8 Å². The number of carbonyl (C=O) groups is 1. The molecule has 4 aromatic rings. The van der Waals surface area contributed by atoms with Gasteiger partial charge in [0.05, 0.1) is 16.7 Å². The van der Waals surface area contributed by atoms with Gasteiger partial charge in [0, 0.05) is 37.2 Å². The molecule has 1 aliphatic heterocycles. The standard InChI is InChI=1S/C23H19ClN6O/c1-15-28-20(12-16-13-26-22-18(16)7-4-8-19(22)24)23(31)29(15)11-3-2-6-17-14-25-21-9-5-10-27-30(17)21/h4-5,7-10,13-14,20,26,28H,1,3,11-12H2. The van der Waals surface area contributed by atoms with Gasteiger partial charge in [-0.15, -0.1) is 0 Å². The van der Waals surface area contributed by atoms with Crippen LogP contribution in [0.5, 0.6) is 0 Å². The summed E-state index contributed by atoms with van der Waals surface area (Å²) in [6.07, 6.45) is 6.36. The van der Waals surface area contributed by atoms with E-state index in [2.05, 4.69) is 38.8 Å². The van der Waals surface area contributed by atoms with Crippen LogP contribution in [-0.4, -0.2) is 43.0 Å². The SMILES string of the molecule is C=C1NC(Cc2c[nH]c3c(Cl)cccc23)C(=O)N1CCC#Cc1cnc2cccnn12. The van der Waals surface area contributed by atoms with Gasteiger partial charge in [0.2, 0.25) is 0 Å². The van der Waals surface area contributed by atoms with Crippen LogP contribution >= 0.6 is 11.6 Å².